The molecule has 2 nitrogen and oxygen atoms in total. The number of hydrogen-bond donors (Lipinski definition) is 0. The molecule has 1 unspecified atom stereocenters. The summed E-state index contributed by atoms with van der Waals surface area (Å²) in [4.78, 5) is 4.07. The summed E-state index contributed by atoms with van der Waals surface area (Å²) in [6.07, 6.45) is 2.34. The van der Waals surface area contributed by atoms with Crippen LogP contribution in [0.5, 0.6) is 5.75 Å². The zero-order valence-electron chi connectivity index (χ0n) is 9.94. The van der Waals surface area contributed by atoms with Crippen LogP contribution in [-0.2, 0) is 6.42 Å². The van der Waals surface area contributed by atoms with Crippen molar-refractivity contribution < 1.29 is 9.13 Å². The minimum atomic E-state index is -0.271. The van der Waals surface area contributed by atoms with Crippen LogP contribution in [-0.4, -0.2) is 12.1 Å². The third-order valence-electron chi connectivity index (χ3n) is 2.66. The molecule has 0 aliphatic heterocycles. The summed E-state index contributed by atoms with van der Waals surface area (Å²) >= 11 is 3.51. The lowest BCUT2D eigenvalue weighted by Gasteiger charge is -2.14. The number of ether oxygens (including phenoxy) is 1. The number of halogens is 2. The Morgan fingerprint density at radius 1 is 1.28 bits per heavy atom. The number of benzene rings is 1. The van der Waals surface area contributed by atoms with Crippen LogP contribution in [0.15, 0.2) is 42.6 Å². The van der Waals surface area contributed by atoms with Crippen molar-refractivity contribution in [3.8, 4) is 5.75 Å². The zero-order chi connectivity index (χ0) is 13.0. The summed E-state index contributed by atoms with van der Waals surface area (Å²) in [6, 6.07) is 10.5. The largest absolute Gasteiger partial charge is 0.496 e. The summed E-state index contributed by atoms with van der Waals surface area (Å²) in [5.41, 5.74) is 1.44. The molecule has 0 N–H and O–H groups in total. The molecular weight excluding hydrogens is 297 g/mol. The van der Waals surface area contributed by atoms with E-state index >= 15 is 0 Å². The number of methoxy groups -OCH3 is 1. The van der Waals surface area contributed by atoms with Crippen molar-refractivity contribution in [1.29, 1.82) is 0 Å². The molecule has 1 heterocycles. The second-order valence-electron chi connectivity index (χ2n) is 3.85. The second kappa shape index (κ2) is 5.96. The lowest BCUT2D eigenvalue weighted by molar-refractivity contribution is 0.404. The topological polar surface area (TPSA) is 22.1 Å². The average molecular weight is 310 g/mol. The fourth-order valence-corrected chi connectivity index (χ4v) is 2.58. The van der Waals surface area contributed by atoms with Gasteiger partial charge in [0, 0.05) is 23.9 Å². The van der Waals surface area contributed by atoms with E-state index in [0.717, 1.165) is 5.69 Å². The van der Waals surface area contributed by atoms with Gasteiger partial charge < -0.3 is 4.74 Å². The van der Waals surface area contributed by atoms with Crippen LogP contribution in [0.4, 0.5) is 4.39 Å². The quantitative estimate of drug-likeness (QED) is 0.799. The summed E-state index contributed by atoms with van der Waals surface area (Å²) in [6.45, 7) is 0. The van der Waals surface area contributed by atoms with Crippen LogP contribution in [0.3, 0.4) is 0 Å². The Morgan fingerprint density at radius 2 is 2.11 bits per heavy atom. The van der Waals surface area contributed by atoms with Crippen molar-refractivity contribution >= 4 is 15.9 Å². The highest BCUT2D eigenvalue weighted by Crippen LogP contribution is 2.35. The average Bonchev–Trinajstić information content (AvgIpc) is 2.39. The maximum atomic E-state index is 13.9. The van der Waals surface area contributed by atoms with Crippen molar-refractivity contribution in [2.45, 2.75) is 11.2 Å². The van der Waals surface area contributed by atoms with Crippen LogP contribution in [0.1, 0.15) is 16.1 Å². The fourth-order valence-electron chi connectivity index (χ4n) is 1.80. The zero-order valence-corrected chi connectivity index (χ0v) is 11.5. The van der Waals surface area contributed by atoms with Gasteiger partial charge >= 0.3 is 0 Å². The number of nitrogens with zero attached hydrogens (tertiary/aromatic N) is 1. The molecule has 2 rings (SSSR count). The van der Waals surface area contributed by atoms with Gasteiger partial charge in [-0.2, -0.15) is 0 Å². The minimum absolute atomic E-state index is 0.163. The maximum absolute atomic E-state index is 13.9. The molecule has 1 atom stereocenters. The molecule has 0 saturated carbocycles. The van der Waals surface area contributed by atoms with Crippen LogP contribution in [0.25, 0.3) is 0 Å². The van der Waals surface area contributed by atoms with Gasteiger partial charge in [-0.25, -0.2) is 4.39 Å². The molecule has 2 aromatic rings. The Morgan fingerprint density at radius 3 is 2.78 bits per heavy atom. The number of hydrogen-bond acceptors (Lipinski definition) is 2. The molecule has 1 aromatic carbocycles. The Hall–Kier alpha value is -1.42. The number of alkyl halides is 1. The van der Waals surface area contributed by atoms with Gasteiger partial charge in [-0.15, -0.1) is 0 Å². The van der Waals surface area contributed by atoms with E-state index < -0.39 is 0 Å². The van der Waals surface area contributed by atoms with E-state index in [1.54, 1.807) is 25.4 Å². The Bertz CT molecular complexity index is 518. The van der Waals surface area contributed by atoms with Gasteiger partial charge in [-0.1, -0.05) is 28.1 Å². The van der Waals surface area contributed by atoms with E-state index in [9.17, 15) is 4.39 Å². The number of rotatable bonds is 4. The number of aromatic nitrogens is 1. The van der Waals surface area contributed by atoms with E-state index in [1.807, 2.05) is 18.2 Å². The monoisotopic (exact) mass is 309 g/mol. The first-order chi connectivity index (χ1) is 8.72. The normalized spacial score (nSPS) is 12.2. The molecule has 0 aliphatic carbocycles. The lowest BCUT2D eigenvalue weighted by atomic mass is 10.1. The fraction of sp³-hybridized carbons (Fsp3) is 0.214. The predicted octanol–water partition coefficient (Wildman–Crippen LogP) is 3.91. The first-order valence-corrected chi connectivity index (χ1v) is 6.50. The number of pyridine rings is 1. The summed E-state index contributed by atoms with van der Waals surface area (Å²) in [5.74, 6) is 0.278. The van der Waals surface area contributed by atoms with E-state index in [4.69, 9.17) is 4.74 Å². The molecule has 0 fully saturated rings. The highest BCUT2D eigenvalue weighted by Gasteiger charge is 2.18. The lowest BCUT2D eigenvalue weighted by Crippen LogP contribution is -2.03. The molecule has 18 heavy (non-hydrogen) atoms. The molecule has 0 bridgehead atoms. The molecule has 0 radical (unpaired) electrons. The van der Waals surface area contributed by atoms with Crippen molar-refractivity contribution in [3.05, 3.63) is 59.7 Å². The van der Waals surface area contributed by atoms with E-state index in [1.165, 1.54) is 6.07 Å². The minimum Gasteiger partial charge on any atom is -0.496 e. The third-order valence-corrected chi connectivity index (χ3v) is 3.44. The van der Waals surface area contributed by atoms with Crippen LogP contribution < -0.4 is 4.74 Å². The van der Waals surface area contributed by atoms with Crippen molar-refractivity contribution in [3.63, 3.8) is 0 Å². The van der Waals surface area contributed by atoms with E-state index in [-0.39, 0.29) is 10.6 Å². The van der Waals surface area contributed by atoms with Crippen molar-refractivity contribution in [1.82, 2.24) is 4.98 Å². The second-order valence-corrected chi connectivity index (χ2v) is 4.95. The molecule has 0 saturated heterocycles. The first kappa shape index (κ1) is 13.0. The van der Waals surface area contributed by atoms with E-state index in [2.05, 4.69) is 20.9 Å². The third kappa shape index (κ3) is 2.88. The maximum Gasteiger partial charge on any atom is 0.131 e. The van der Waals surface area contributed by atoms with Gasteiger partial charge in [0.15, 0.2) is 0 Å². The molecule has 0 aliphatic rings. The smallest absolute Gasteiger partial charge is 0.131 e. The van der Waals surface area contributed by atoms with Crippen LogP contribution in [0, 0.1) is 5.82 Å². The molecule has 94 valence electrons. The Balaban J connectivity index is 2.26. The molecular formula is C14H13BrFNO. The molecule has 0 amide bonds. The summed E-state index contributed by atoms with van der Waals surface area (Å²) in [7, 11) is 1.54. The van der Waals surface area contributed by atoms with Gasteiger partial charge in [0.25, 0.3) is 0 Å². The van der Waals surface area contributed by atoms with Gasteiger partial charge in [0.05, 0.1) is 11.9 Å². The van der Waals surface area contributed by atoms with Crippen LogP contribution >= 0.6 is 15.9 Å². The van der Waals surface area contributed by atoms with Crippen LogP contribution in [0.2, 0.25) is 0 Å². The van der Waals surface area contributed by atoms with Gasteiger partial charge in [-0.05, 0) is 24.3 Å². The highest BCUT2D eigenvalue weighted by molar-refractivity contribution is 9.09. The van der Waals surface area contributed by atoms with Gasteiger partial charge in [0.1, 0.15) is 11.6 Å². The molecule has 0 spiro atoms. The van der Waals surface area contributed by atoms with E-state index in [0.29, 0.717) is 17.7 Å². The summed E-state index contributed by atoms with van der Waals surface area (Å²) in [5, 5.41) is 0. The van der Waals surface area contributed by atoms with Crippen molar-refractivity contribution in [2.24, 2.45) is 0 Å². The molecule has 4 heteroatoms. The van der Waals surface area contributed by atoms with Gasteiger partial charge in [0.2, 0.25) is 0 Å². The standard InChI is InChI=1S/C14H13BrFNO/c1-18-13-7-4-6-12(16)14(13)11(15)9-10-5-2-3-8-17-10/h2-8,11H,9H2,1H3. The Kier molecular flexibility index (Phi) is 4.31. The Labute approximate surface area is 114 Å². The first-order valence-electron chi connectivity index (χ1n) is 5.58. The highest BCUT2D eigenvalue weighted by atomic mass is 79.9. The summed E-state index contributed by atoms with van der Waals surface area (Å²) < 4.78 is 19.1. The van der Waals surface area contributed by atoms with Crippen molar-refractivity contribution in [2.75, 3.05) is 7.11 Å². The molecule has 1 aromatic heterocycles. The SMILES string of the molecule is COc1cccc(F)c1C(Br)Cc1ccccn1. The predicted molar refractivity (Wildman–Crippen MR) is 72.6 cm³/mol. The van der Waals surface area contributed by atoms with Gasteiger partial charge in [-0.3, -0.25) is 4.98 Å².